The Labute approximate surface area is 161 Å². The topological polar surface area (TPSA) is 66.9 Å². The van der Waals surface area contributed by atoms with Crippen LogP contribution in [-0.2, 0) is 19.6 Å². The molecule has 0 saturated carbocycles. The predicted molar refractivity (Wildman–Crippen MR) is 102 cm³/mol. The van der Waals surface area contributed by atoms with Crippen molar-refractivity contribution in [1.29, 1.82) is 0 Å². The van der Waals surface area contributed by atoms with Crippen molar-refractivity contribution in [3.05, 3.63) is 58.6 Å². The lowest BCUT2D eigenvalue weighted by molar-refractivity contribution is -0.120. The smallest absolute Gasteiger partial charge is 0.246 e. The third-order valence-corrected chi connectivity index (χ3v) is 6.57. The van der Waals surface area contributed by atoms with Gasteiger partial charge in [-0.15, -0.1) is 0 Å². The van der Waals surface area contributed by atoms with Crippen LogP contribution in [0.1, 0.15) is 18.7 Å². The highest BCUT2D eigenvalue weighted by Crippen LogP contribution is 2.37. The second-order valence-corrected chi connectivity index (χ2v) is 8.63. The number of hydrogen-bond donors (Lipinski definition) is 0. The van der Waals surface area contributed by atoms with E-state index >= 15 is 0 Å². The van der Waals surface area contributed by atoms with Gasteiger partial charge in [-0.05, 0) is 37.3 Å². The normalized spacial score (nSPS) is 18.5. The molecule has 1 aliphatic rings. The molecule has 1 atom stereocenters. The summed E-state index contributed by atoms with van der Waals surface area (Å²) in [4.78, 5) is 14.2. The summed E-state index contributed by atoms with van der Waals surface area (Å²) in [5.74, 6) is -0.319. The number of rotatable bonds is 4. The monoisotopic (exact) mass is 438 g/mol. The lowest BCUT2D eigenvalue weighted by Gasteiger charge is -2.28. The van der Waals surface area contributed by atoms with Gasteiger partial charge in [0.25, 0.3) is 0 Å². The molecule has 0 fully saturated rings. The number of carbonyl (C=O) groups excluding carboxylic acids is 1. The lowest BCUT2D eigenvalue weighted by Crippen LogP contribution is -2.41. The molecule has 138 valence electrons. The van der Waals surface area contributed by atoms with Gasteiger partial charge >= 0.3 is 0 Å². The number of benzene rings is 2. The number of halogens is 1. The van der Waals surface area contributed by atoms with Gasteiger partial charge in [0, 0.05) is 23.7 Å². The van der Waals surface area contributed by atoms with Gasteiger partial charge in [-0.3, -0.25) is 4.79 Å². The van der Waals surface area contributed by atoms with Crippen molar-refractivity contribution in [3.8, 4) is 0 Å². The molecule has 1 unspecified atom stereocenters. The predicted octanol–water partition coefficient (Wildman–Crippen LogP) is 3.15. The number of anilines is 1. The quantitative estimate of drug-likeness (QED) is 0.734. The number of nitrogens with zero attached hydrogens (tertiary/aromatic N) is 2. The van der Waals surface area contributed by atoms with Crippen LogP contribution in [0.3, 0.4) is 0 Å². The van der Waals surface area contributed by atoms with Crippen LogP contribution in [0.15, 0.2) is 57.9 Å². The van der Waals surface area contributed by atoms with Gasteiger partial charge < -0.3 is 9.64 Å². The van der Waals surface area contributed by atoms with Crippen LogP contribution in [0, 0.1) is 0 Å². The van der Waals surface area contributed by atoms with Crippen LogP contribution in [0.2, 0.25) is 0 Å². The first-order valence-corrected chi connectivity index (χ1v) is 10.3. The molecule has 0 saturated heterocycles. The summed E-state index contributed by atoms with van der Waals surface area (Å²) in [6.07, 6.45) is -0.876. The summed E-state index contributed by atoms with van der Waals surface area (Å²) in [7, 11) is -2.29. The number of sulfonamides is 1. The molecule has 6 nitrogen and oxygen atoms in total. The Bertz CT molecular complexity index is 915. The largest absolute Gasteiger partial charge is 0.358 e. The van der Waals surface area contributed by atoms with E-state index in [1.54, 1.807) is 44.3 Å². The number of ether oxygens (including phenoxy) is 1. The van der Waals surface area contributed by atoms with Gasteiger partial charge in [0.1, 0.15) is 0 Å². The number of carbonyl (C=O) groups is 1. The van der Waals surface area contributed by atoms with E-state index in [9.17, 15) is 13.2 Å². The molecule has 1 amide bonds. The van der Waals surface area contributed by atoms with E-state index < -0.39 is 16.3 Å². The van der Waals surface area contributed by atoms with Crippen molar-refractivity contribution >= 4 is 37.5 Å². The van der Waals surface area contributed by atoms with Gasteiger partial charge in [-0.1, -0.05) is 34.1 Å². The third-order valence-electron chi connectivity index (χ3n) is 4.24. The first-order chi connectivity index (χ1) is 12.4. The molecular weight excluding hydrogens is 420 g/mol. The average molecular weight is 439 g/mol. The van der Waals surface area contributed by atoms with E-state index in [0.29, 0.717) is 17.9 Å². The Kier molecular flexibility index (Phi) is 5.47. The van der Waals surface area contributed by atoms with E-state index in [1.807, 2.05) is 6.07 Å². The minimum absolute atomic E-state index is 0.111. The van der Waals surface area contributed by atoms with Crippen LogP contribution >= 0.6 is 15.9 Å². The first kappa shape index (κ1) is 19.0. The summed E-state index contributed by atoms with van der Waals surface area (Å²) < 4.78 is 34.2. The number of amides is 1. The second-order valence-electron chi connectivity index (χ2n) is 5.82. The molecular formula is C18H19BrN2O4S. The van der Waals surface area contributed by atoms with Crippen LogP contribution in [0.25, 0.3) is 0 Å². The van der Waals surface area contributed by atoms with Crippen LogP contribution in [0.4, 0.5) is 5.69 Å². The minimum atomic E-state index is -3.93. The fourth-order valence-electron chi connectivity index (χ4n) is 2.90. The zero-order valence-corrected chi connectivity index (χ0v) is 16.8. The summed E-state index contributed by atoms with van der Waals surface area (Å²) in [5.41, 5.74) is 1.29. The summed E-state index contributed by atoms with van der Waals surface area (Å²) in [6.45, 7) is 1.81. The van der Waals surface area contributed by atoms with Gasteiger partial charge in [0.2, 0.25) is 15.9 Å². The Balaban J connectivity index is 2.15. The molecule has 0 aliphatic carbocycles. The van der Waals surface area contributed by atoms with E-state index in [0.717, 1.165) is 8.78 Å². The molecule has 2 aromatic carbocycles. The minimum Gasteiger partial charge on any atom is -0.358 e. The van der Waals surface area contributed by atoms with Gasteiger partial charge in [-0.25, -0.2) is 8.42 Å². The Morgan fingerprint density at radius 2 is 1.81 bits per heavy atom. The van der Waals surface area contributed by atoms with Gasteiger partial charge in [-0.2, -0.15) is 4.31 Å². The van der Waals surface area contributed by atoms with E-state index in [2.05, 4.69) is 15.9 Å². The fraction of sp³-hybridized carbons (Fsp3) is 0.278. The molecule has 3 rings (SSSR count). The third kappa shape index (κ3) is 3.42. The summed E-state index contributed by atoms with van der Waals surface area (Å²) in [5, 5.41) is 0. The average Bonchev–Trinajstić information content (AvgIpc) is 2.73. The Morgan fingerprint density at radius 1 is 1.15 bits per heavy atom. The van der Waals surface area contributed by atoms with Crippen molar-refractivity contribution in [2.45, 2.75) is 18.0 Å². The number of fused-ring (bicyclic) bond motifs is 1. The van der Waals surface area contributed by atoms with E-state index in [4.69, 9.17) is 4.74 Å². The maximum Gasteiger partial charge on any atom is 0.246 e. The zero-order chi connectivity index (χ0) is 18.9. The first-order valence-electron chi connectivity index (χ1n) is 8.10. The van der Waals surface area contributed by atoms with Crippen LogP contribution < -0.4 is 4.90 Å². The number of hydrogen-bond acceptors (Lipinski definition) is 4. The highest BCUT2D eigenvalue weighted by molar-refractivity contribution is 9.10. The highest BCUT2D eigenvalue weighted by atomic mass is 79.9. The van der Waals surface area contributed by atoms with Crippen LogP contribution in [0.5, 0.6) is 0 Å². The lowest BCUT2D eigenvalue weighted by atomic mass is 10.1. The highest BCUT2D eigenvalue weighted by Gasteiger charge is 2.39. The van der Waals surface area contributed by atoms with Crippen molar-refractivity contribution < 1.29 is 17.9 Å². The van der Waals surface area contributed by atoms with Crippen molar-refractivity contribution in [1.82, 2.24) is 4.31 Å². The molecule has 0 spiro atoms. The molecule has 0 aromatic heterocycles. The second kappa shape index (κ2) is 7.48. The maximum absolute atomic E-state index is 13.3. The van der Waals surface area contributed by atoms with Gasteiger partial charge in [0.15, 0.2) is 6.23 Å². The molecule has 26 heavy (non-hydrogen) atoms. The standard InChI is InChI=1S/C18H19BrN2O4S/c1-3-25-18-15-6-4-5-7-16(15)20(2)17(22)12-21(18)26(23,24)14-10-8-13(19)9-11-14/h4-11,18H,3,12H2,1-2H3. The Morgan fingerprint density at radius 3 is 2.46 bits per heavy atom. The summed E-state index contributed by atoms with van der Waals surface area (Å²) in [6, 6.07) is 13.5. The van der Waals surface area contributed by atoms with Crippen LogP contribution in [-0.4, -0.2) is 38.8 Å². The van der Waals surface area contributed by atoms with Crippen molar-refractivity contribution in [3.63, 3.8) is 0 Å². The molecule has 0 radical (unpaired) electrons. The maximum atomic E-state index is 13.3. The number of likely N-dealkylation sites (N-methyl/N-ethyl adjacent to an activating group) is 1. The molecule has 0 bridgehead atoms. The molecule has 8 heteroatoms. The molecule has 2 aromatic rings. The fourth-order valence-corrected chi connectivity index (χ4v) is 4.62. The van der Waals surface area contributed by atoms with Crippen molar-refractivity contribution in [2.75, 3.05) is 25.1 Å². The summed E-state index contributed by atoms with van der Waals surface area (Å²) >= 11 is 3.30. The van der Waals surface area contributed by atoms with Gasteiger partial charge in [0.05, 0.1) is 17.1 Å². The number of para-hydroxylation sites is 1. The molecule has 0 N–H and O–H groups in total. The van der Waals surface area contributed by atoms with E-state index in [1.165, 1.54) is 17.0 Å². The Hall–Kier alpha value is -1.74. The molecule has 1 aliphatic heterocycles. The van der Waals surface area contributed by atoms with E-state index in [-0.39, 0.29) is 17.3 Å². The zero-order valence-electron chi connectivity index (χ0n) is 14.4. The molecule has 1 heterocycles. The SMILES string of the molecule is CCOC1c2ccccc2N(C)C(=O)CN1S(=O)(=O)c1ccc(Br)cc1. The van der Waals surface area contributed by atoms with Crippen molar-refractivity contribution in [2.24, 2.45) is 0 Å².